The summed E-state index contributed by atoms with van der Waals surface area (Å²) >= 11 is 0. The smallest absolute Gasteiger partial charge is 0.244 e. The number of fused-ring (bicyclic) bond motifs is 1. The van der Waals surface area contributed by atoms with Crippen LogP contribution in [0.3, 0.4) is 0 Å². The summed E-state index contributed by atoms with van der Waals surface area (Å²) in [5.74, 6) is -0.841. The van der Waals surface area contributed by atoms with E-state index >= 15 is 0 Å². The van der Waals surface area contributed by atoms with Crippen LogP contribution in [-0.2, 0) is 16.1 Å². The second kappa shape index (κ2) is 6.58. The van der Waals surface area contributed by atoms with Gasteiger partial charge in [0.25, 0.3) is 0 Å². The van der Waals surface area contributed by atoms with Crippen LogP contribution in [0.15, 0.2) is 60.8 Å². The maximum Gasteiger partial charge on any atom is 0.244 e. The van der Waals surface area contributed by atoms with E-state index in [1.807, 2.05) is 48.0 Å². The fraction of sp³-hybridized carbons (Fsp3) is 0.158. The number of para-hydroxylation sites is 1. The molecule has 1 aromatic heterocycles. The van der Waals surface area contributed by atoms with E-state index in [0.29, 0.717) is 5.56 Å². The number of hydrogen-bond acceptors (Lipinski definition) is 2. The third-order valence-corrected chi connectivity index (χ3v) is 4.02. The van der Waals surface area contributed by atoms with Crippen molar-refractivity contribution < 1.29 is 9.59 Å². The minimum Gasteiger partial charge on any atom is -0.368 e. The predicted molar refractivity (Wildman–Crippen MR) is 93.2 cm³/mol. The Kier molecular flexibility index (Phi) is 4.33. The van der Waals surface area contributed by atoms with Crippen molar-refractivity contribution in [2.24, 2.45) is 5.73 Å². The number of carbonyl (C=O) groups is 2. The Morgan fingerprint density at radius 2 is 1.75 bits per heavy atom. The van der Waals surface area contributed by atoms with Crippen molar-refractivity contribution in [2.45, 2.75) is 19.5 Å². The number of rotatable bonds is 5. The standard InChI is InChI=1S/C19H19N3O2/c1-13-11-22(16-10-6-5-9-15(13)16)12-17(23)21-18(19(20)24)14-7-3-2-4-8-14/h2-11,18H,12H2,1H3,(H2,20,24)(H,21,23). The molecule has 122 valence electrons. The Morgan fingerprint density at radius 3 is 2.46 bits per heavy atom. The summed E-state index contributed by atoms with van der Waals surface area (Å²) < 4.78 is 1.88. The number of aromatic nitrogens is 1. The maximum absolute atomic E-state index is 12.4. The van der Waals surface area contributed by atoms with Gasteiger partial charge in [-0.05, 0) is 24.1 Å². The molecule has 1 heterocycles. The molecule has 2 amide bonds. The van der Waals surface area contributed by atoms with Gasteiger partial charge in [0.1, 0.15) is 12.6 Å². The largest absolute Gasteiger partial charge is 0.368 e. The molecular weight excluding hydrogens is 302 g/mol. The number of benzene rings is 2. The molecule has 3 aromatic rings. The van der Waals surface area contributed by atoms with Gasteiger partial charge in [0.05, 0.1) is 0 Å². The van der Waals surface area contributed by atoms with E-state index < -0.39 is 11.9 Å². The van der Waals surface area contributed by atoms with Crippen molar-refractivity contribution in [3.63, 3.8) is 0 Å². The quantitative estimate of drug-likeness (QED) is 0.756. The Morgan fingerprint density at radius 1 is 1.08 bits per heavy atom. The summed E-state index contributed by atoms with van der Waals surface area (Å²) in [7, 11) is 0. The summed E-state index contributed by atoms with van der Waals surface area (Å²) in [5.41, 5.74) is 8.21. The summed E-state index contributed by atoms with van der Waals surface area (Å²) in [5, 5.41) is 3.83. The zero-order valence-electron chi connectivity index (χ0n) is 13.4. The maximum atomic E-state index is 12.4. The van der Waals surface area contributed by atoms with E-state index in [1.54, 1.807) is 24.3 Å². The molecule has 0 radical (unpaired) electrons. The number of carbonyl (C=O) groups excluding carboxylic acids is 2. The highest BCUT2D eigenvalue weighted by Crippen LogP contribution is 2.20. The first kappa shape index (κ1) is 15.8. The Labute approximate surface area is 140 Å². The Bertz CT molecular complexity index is 884. The number of nitrogens with zero attached hydrogens (tertiary/aromatic N) is 1. The normalized spacial score (nSPS) is 12.0. The number of nitrogens with two attached hydrogens (primary N) is 1. The summed E-state index contributed by atoms with van der Waals surface area (Å²) in [6.07, 6.45) is 1.94. The fourth-order valence-corrected chi connectivity index (χ4v) is 2.89. The first-order valence-corrected chi connectivity index (χ1v) is 7.74. The summed E-state index contributed by atoms with van der Waals surface area (Å²) in [6.45, 7) is 2.14. The van der Waals surface area contributed by atoms with Gasteiger partial charge < -0.3 is 15.6 Å². The summed E-state index contributed by atoms with van der Waals surface area (Å²) in [6, 6.07) is 16.1. The highest BCUT2D eigenvalue weighted by atomic mass is 16.2. The van der Waals surface area contributed by atoms with E-state index in [9.17, 15) is 9.59 Å². The number of primary amides is 1. The molecule has 24 heavy (non-hydrogen) atoms. The number of aryl methyl sites for hydroxylation is 1. The first-order chi connectivity index (χ1) is 11.6. The molecule has 0 aliphatic rings. The van der Waals surface area contributed by atoms with Gasteiger partial charge in [-0.3, -0.25) is 9.59 Å². The van der Waals surface area contributed by atoms with Gasteiger partial charge in [-0.25, -0.2) is 0 Å². The van der Waals surface area contributed by atoms with Crippen molar-refractivity contribution in [3.8, 4) is 0 Å². The van der Waals surface area contributed by atoms with Crippen LogP contribution in [0.25, 0.3) is 10.9 Å². The highest BCUT2D eigenvalue weighted by molar-refractivity contribution is 5.89. The van der Waals surface area contributed by atoms with Crippen molar-refractivity contribution in [2.75, 3.05) is 0 Å². The number of amides is 2. The molecule has 1 unspecified atom stereocenters. The lowest BCUT2D eigenvalue weighted by Gasteiger charge is -2.16. The second-order valence-corrected chi connectivity index (χ2v) is 5.77. The molecule has 0 spiro atoms. The van der Waals surface area contributed by atoms with E-state index in [4.69, 9.17) is 5.73 Å². The molecule has 3 N–H and O–H groups in total. The van der Waals surface area contributed by atoms with Crippen LogP contribution >= 0.6 is 0 Å². The molecule has 5 heteroatoms. The minimum atomic E-state index is -0.832. The van der Waals surface area contributed by atoms with Crippen LogP contribution in [0.5, 0.6) is 0 Å². The predicted octanol–water partition coefficient (Wildman–Crippen LogP) is 2.29. The molecule has 0 bridgehead atoms. The lowest BCUT2D eigenvalue weighted by Crippen LogP contribution is -2.39. The third-order valence-electron chi connectivity index (χ3n) is 4.02. The Balaban J connectivity index is 1.80. The molecule has 0 aliphatic carbocycles. The van der Waals surface area contributed by atoms with Gasteiger partial charge in [0.15, 0.2) is 0 Å². The van der Waals surface area contributed by atoms with Crippen molar-refractivity contribution in [3.05, 3.63) is 71.9 Å². The second-order valence-electron chi connectivity index (χ2n) is 5.77. The summed E-state index contributed by atoms with van der Waals surface area (Å²) in [4.78, 5) is 24.1. The van der Waals surface area contributed by atoms with Crippen LogP contribution in [0.2, 0.25) is 0 Å². The minimum absolute atomic E-state index is 0.130. The monoisotopic (exact) mass is 321 g/mol. The molecule has 2 aromatic carbocycles. The van der Waals surface area contributed by atoms with Gasteiger partial charge in [0, 0.05) is 17.1 Å². The van der Waals surface area contributed by atoms with Gasteiger partial charge >= 0.3 is 0 Å². The molecule has 3 rings (SSSR count). The molecule has 0 saturated carbocycles. The van der Waals surface area contributed by atoms with Crippen LogP contribution in [-0.4, -0.2) is 16.4 Å². The topological polar surface area (TPSA) is 77.1 Å². The van der Waals surface area contributed by atoms with Gasteiger partial charge in [0.2, 0.25) is 11.8 Å². The third kappa shape index (κ3) is 3.15. The lowest BCUT2D eigenvalue weighted by molar-refractivity contribution is -0.127. The van der Waals surface area contributed by atoms with Crippen molar-refractivity contribution in [1.82, 2.24) is 9.88 Å². The van der Waals surface area contributed by atoms with Crippen LogP contribution < -0.4 is 11.1 Å². The molecular formula is C19H19N3O2. The van der Waals surface area contributed by atoms with Gasteiger partial charge in [-0.15, -0.1) is 0 Å². The number of nitrogens with one attached hydrogen (secondary N) is 1. The average Bonchev–Trinajstić information content (AvgIpc) is 2.89. The van der Waals surface area contributed by atoms with E-state index in [0.717, 1.165) is 16.5 Å². The fourth-order valence-electron chi connectivity index (χ4n) is 2.89. The molecule has 1 atom stereocenters. The SMILES string of the molecule is Cc1cn(CC(=O)NC(C(N)=O)c2ccccc2)c2ccccc12. The highest BCUT2D eigenvalue weighted by Gasteiger charge is 2.20. The zero-order chi connectivity index (χ0) is 17.1. The Hall–Kier alpha value is -3.08. The van der Waals surface area contributed by atoms with Crippen molar-refractivity contribution in [1.29, 1.82) is 0 Å². The number of hydrogen-bond donors (Lipinski definition) is 2. The van der Waals surface area contributed by atoms with Gasteiger partial charge in [-0.2, -0.15) is 0 Å². The van der Waals surface area contributed by atoms with E-state index in [-0.39, 0.29) is 12.5 Å². The van der Waals surface area contributed by atoms with Crippen molar-refractivity contribution >= 4 is 22.7 Å². The average molecular weight is 321 g/mol. The molecule has 0 saturated heterocycles. The molecule has 5 nitrogen and oxygen atoms in total. The molecule has 0 fully saturated rings. The molecule has 0 aliphatic heterocycles. The van der Waals surface area contributed by atoms with Crippen LogP contribution in [0.4, 0.5) is 0 Å². The lowest BCUT2D eigenvalue weighted by atomic mass is 10.1. The first-order valence-electron chi connectivity index (χ1n) is 7.74. The van der Waals surface area contributed by atoms with Gasteiger partial charge in [-0.1, -0.05) is 48.5 Å². The van der Waals surface area contributed by atoms with E-state index in [2.05, 4.69) is 5.32 Å². The van der Waals surface area contributed by atoms with Crippen LogP contribution in [0, 0.1) is 6.92 Å². The van der Waals surface area contributed by atoms with E-state index in [1.165, 1.54) is 0 Å². The van der Waals surface area contributed by atoms with Crippen LogP contribution in [0.1, 0.15) is 17.2 Å². The zero-order valence-corrected chi connectivity index (χ0v) is 13.4.